The van der Waals surface area contributed by atoms with Crippen molar-refractivity contribution in [1.29, 1.82) is 0 Å². The average Bonchev–Trinajstić information content (AvgIpc) is 2.99. The van der Waals surface area contributed by atoms with Gasteiger partial charge in [-0.25, -0.2) is 0 Å². The molecule has 0 spiro atoms. The van der Waals surface area contributed by atoms with Gasteiger partial charge in [0.05, 0.1) is 25.0 Å². The van der Waals surface area contributed by atoms with E-state index in [2.05, 4.69) is 42.7 Å². The fourth-order valence-corrected chi connectivity index (χ4v) is 4.38. The summed E-state index contributed by atoms with van der Waals surface area (Å²) < 4.78 is 5.52. The van der Waals surface area contributed by atoms with Crippen molar-refractivity contribution in [2.24, 2.45) is 0 Å². The summed E-state index contributed by atoms with van der Waals surface area (Å²) in [7, 11) is 1.71. The van der Waals surface area contributed by atoms with E-state index in [4.69, 9.17) is 4.74 Å². The standard InChI is InChI=1S/C25H31N3O3/c1-17(2)19-6-7-22-21(14-19)24(29)25(30)28(22)16-27-11-9-26(10-12-27)15-20-13-18(3)5-8-23(20)31-4/h5-8,13-14,17H,9-12,15-16H2,1-4H3. The zero-order valence-corrected chi connectivity index (χ0v) is 18.9. The van der Waals surface area contributed by atoms with Gasteiger partial charge in [-0.05, 0) is 36.6 Å². The minimum atomic E-state index is -0.414. The number of nitrogens with zero attached hydrogens (tertiary/aromatic N) is 3. The van der Waals surface area contributed by atoms with Crippen LogP contribution in [0.2, 0.25) is 0 Å². The van der Waals surface area contributed by atoms with Crippen LogP contribution in [0.4, 0.5) is 5.69 Å². The lowest BCUT2D eigenvalue weighted by Crippen LogP contribution is -2.50. The number of carbonyl (C=O) groups excluding carboxylic acids is 2. The number of aryl methyl sites for hydroxylation is 1. The third-order valence-electron chi connectivity index (χ3n) is 6.30. The quantitative estimate of drug-likeness (QED) is 0.669. The van der Waals surface area contributed by atoms with Crippen LogP contribution in [-0.2, 0) is 11.3 Å². The zero-order chi connectivity index (χ0) is 22.1. The molecule has 6 nitrogen and oxygen atoms in total. The van der Waals surface area contributed by atoms with Crippen LogP contribution >= 0.6 is 0 Å². The molecule has 0 bridgehead atoms. The Morgan fingerprint density at radius 3 is 2.35 bits per heavy atom. The molecule has 2 aliphatic heterocycles. The topological polar surface area (TPSA) is 53.1 Å². The number of hydrogen-bond donors (Lipinski definition) is 0. The molecule has 1 saturated heterocycles. The van der Waals surface area contributed by atoms with Crippen LogP contribution in [0.5, 0.6) is 5.75 Å². The molecule has 0 aliphatic carbocycles. The van der Waals surface area contributed by atoms with E-state index in [0.29, 0.717) is 18.2 Å². The summed E-state index contributed by atoms with van der Waals surface area (Å²) in [6.45, 7) is 11.1. The van der Waals surface area contributed by atoms with Crippen LogP contribution < -0.4 is 9.64 Å². The van der Waals surface area contributed by atoms with Crippen molar-refractivity contribution in [1.82, 2.24) is 9.80 Å². The largest absolute Gasteiger partial charge is 0.496 e. The Morgan fingerprint density at radius 2 is 1.68 bits per heavy atom. The summed E-state index contributed by atoms with van der Waals surface area (Å²) in [6.07, 6.45) is 0. The Kier molecular flexibility index (Phi) is 6.12. The summed E-state index contributed by atoms with van der Waals surface area (Å²) in [6, 6.07) is 12.1. The monoisotopic (exact) mass is 421 g/mol. The maximum atomic E-state index is 12.7. The molecule has 1 amide bonds. The van der Waals surface area contributed by atoms with E-state index in [1.165, 1.54) is 11.1 Å². The van der Waals surface area contributed by atoms with E-state index in [0.717, 1.165) is 49.7 Å². The van der Waals surface area contributed by atoms with Gasteiger partial charge in [-0.15, -0.1) is 0 Å². The second-order valence-corrected chi connectivity index (χ2v) is 8.84. The number of amides is 1. The number of anilines is 1. The predicted octanol–water partition coefficient (Wildman–Crippen LogP) is 3.43. The molecular formula is C25H31N3O3. The van der Waals surface area contributed by atoms with Gasteiger partial charge < -0.3 is 4.74 Å². The Labute approximate surface area is 184 Å². The first-order valence-electron chi connectivity index (χ1n) is 11.0. The number of ether oxygens (including phenoxy) is 1. The van der Waals surface area contributed by atoms with Crippen molar-refractivity contribution in [2.75, 3.05) is 44.9 Å². The number of fused-ring (bicyclic) bond motifs is 1. The Hall–Kier alpha value is -2.70. The summed E-state index contributed by atoms with van der Waals surface area (Å²) in [5.74, 6) is 0.444. The third kappa shape index (κ3) is 4.36. The van der Waals surface area contributed by atoms with E-state index in [1.807, 2.05) is 24.3 Å². The van der Waals surface area contributed by atoms with E-state index in [1.54, 1.807) is 12.0 Å². The number of carbonyl (C=O) groups is 2. The first kappa shape index (κ1) is 21.5. The summed E-state index contributed by atoms with van der Waals surface area (Å²) >= 11 is 0. The normalized spacial score (nSPS) is 17.5. The lowest BCUT2D eigenvalue weighted by atomic mass is 9.99. The molecule has 0 saturated carbocycles. The second kappa shape index (κ2) is 8.81. The van der Waals surface area contributed by atoms with Crippen LogP contribution in [-0.4, -0.2) is 61.4 Å². The van der Waals surface area contributed by atoms with Crippen molar-refractivity contribution in [3.8, 4) is 5.75 Å². The molecule has 0 radical (unpaired) electrons. The lowest BCUT2D eigenvalue weighted by molar-refractivity contribution is -0.114. The smallest absolute Gasteiger partial charge is 0.300 e. The summed E-state index contributed by atoms with van der Waals surface area (Å²) in [4.78, 5) is 31.5. The summed E-state index contributed by atoms with van der Waals surface area (Å²) in [5.41, 5.74) is 4.80. The van der Waals surface area contributed by atoms with Gasteiger partial charge in [-0.1, -0.05) is 37.6 Å². The van der Waals surface area contributed by atoms with Gasteiger partial charge in [0.1, 0.15) is 5.75 Å². The SMILES string of the molecule is COc1ccc(C)cc1CN1CCN(CN2C(=O)C(=O)c3cc(C(C)C)ccc32)CC1. The van der Waals surface area contributed by atoms with Crippen molar-refractivity contribution >= 4 is 17.4 Å². The number of ketones is 1. The van der Waals surface area contributed by atoms with Crippen molar-refractivity contribution in [3.63, 3.8) is 0 Å². The minimum absolute atomic E-state index is 0.322. The van der Waals surface area contributed by atoms with Crippen LogP contribution in [0, 0.1) is 6.92 Å². The molecule has 2 heterocycles. The molecule has 0 unspecified atom stereocenters. The van der Waals surface area contributed by atoms with Gasteiger partial charge in [0.2, 0.25) is 0 Å². The van der Waals surface area contributed by atoms with E-state index >= 15 is 0 Å². The van der Waals surface area contributed by atoms with Gasteiger partial charge in [-0.2, -0.15) is 0 Å². The Morgan fingerprint density at radius 1 is 0.968 bits per heavy atom. The highest BCUT2D eigenvalue weighted by atomic mass is 16.5. The van der Waals surface area contributed by atoms with E-state index in [-0.39, 0.29) is 5.78 Å². The highest BCUT2D eigenvalue weighted by Crippen LogP contribution is 2.32. The minimum Gasteiger partial charge on any atom is -0.496 e. The molecule has 2 aromatic carbocycles. The van der Waals surface area contributed by atoms with Crippen LogP contribution in [0.3, 0.4) is 0 Å². The number of Topliss-reactive ketones (excluding diaryl/α,β-unsaturated/α-hetero) is 1. The van der Waals surface area contributed by atoms with Crippen molar-refractivity contribution in [3.05, 3.63) is 58.7 Å². The molecule has 1 fully saturated rings. The van der Waals surface area contributed by atoms with Crippen LogP contribution in [0.1, 0.15) is 46.8 Å². The van der Waals surface area contributed by atoms with Crippen molar-refractivity contribution < 1.29 is 14.3 Å². The molecule has 2 aliphatic rings. The molecule has 164 valence electrons. The number of benzene rings is 2. The number of hydrogen-bond acceptors (Lipinski definition) is 5. The number of piperazine rings is 1. The molecule has 2 aromatic rings. The number of rotatable bonds is 6. The summed E-state index contributed by atoms with van der Waals surface area (Å²) in [5, 5.41) is 0. The highest BCUT2D eigenvalue weighted by molar-refractivity contribution is 6.52. The molecule has 6 heteroatoms. The molecule has 0 atom stereocenters. The molecule has 0 N–H and O–H groups in total. The highest BCUT2D eigenvalue weighted by Gasteiger charge is 2.37. The molecular weight excluding hydrogens is 390 g/mol. The molecule has 31 heavy (non-hydrogen) atoms. The van der Waals surface area contributed by atoms with Gasteiger partial charge in [-0.3, -0.25) is 24.3 Å². The van der Waals surface area contributed by atoms with Gasteiger partial charge in [0, 0.05) is 38.3 Å². The fourth-order valence-electron chi connectivity index (χ4n) is 4.38. The maximum absolute atomic E-state index is 12.7. The molecule has 4 rings (SSSR count). The lowest BCUT2D eigenvalue weighted by Gasteiger charge is -2.36. The van der Waals surface area contributed by atoms with Gasteiger partial charge in [0.25, 0.3) is 5.78 Å². The van der Waals surface area contributed by atoms with Crippen molar-refractivity contribution in [2.45, 2.75) is 33.2 Å². The van der Waals surface area contributed by atoms with E-state index in [9.17, 15) is 9.59 Å². The first-order chi connectivity index (χ1) is 14.9. The number of methoxy groups -OCH3 is 1. The fraction of sp³-hybridized carbons (Fsp3) is 0.440. The zero-order valence-electron chi connectivity index (χ0n) is 18.9. The predicted molar refractivity (Wildman–Crippen MR) is 122 cm³/mol. The van der Waals surface area contributed by atoms with Crippen LogP contribution in [0.15, 0.2) is 36.4 Å². The Balaban J connectivity index is 1.39. The molecule has 0 aromatic heterocycles. The van der Waals surface area contributed by atoms with Gasteiger partial charge >= 0.3 is 5.91 Å². The Bertz CT molecular complexity index is 994. The van der Waals surface area contributed by atoms with Crippen LogP contribution in [0.25, 0.3) is 0 Å². The van der Waals surface area contributed by atoms with Gasteiger partial charge in [0.15, 0.2) is 0 Å². The third-order valence-corrected chi connectivity index (χ3v) is 6.30. The second-order valence-electron chi connectivity index (χ2n) is 8.84. The van der Waals surface area contributed by atoms with E-state index < -0.39 is 5.91 Å². The first-order valence-corrected chi connectivity index (χ1v) is 11.0. The average molecular weight is 422 g/mol. The maximum Gasteiger partial charge on any atom is 0.300 e.